The first-order valence-electron chi connectivity index (χ1n) is 19.3. The Morgan fingerprint density at radius 2 is 1.58 bits per heavy atom. The lowest BCUT2D eigenvalue weighted by molar-refractivity contribution is -0.319. The predicted octanol–water partition coefficient (Wildman–Crippen LogP) is 0.873. The van der Waals surface area contributed by atoms with Gasteiger partial charge in [0.15, 0.2) is 12.6 Å². The van der Waals surface area contributed by atoms with E-state index in [1.165, 1.54) is 14.0 Å². The summed E-state index contributed by atoms with van der Waals surface area (Å²) in [5.74, 6) is -3.40. The van der Waals surface area contributed by atoms with Crippen molar-refractivity contribution in [3.05, 3.63) is 0 Å². The summed E-state index contributed by atoms with van der Waals surface area (Å²) in [5.41, 5.74) is -4.60. The molecule has 15 nitrogen and oxygen atoms in total. The lowest BCUT2D eigenvalue weighted by Crippen LogP contribution is -2.61. The number of aliphatic hydroxyl groups is 6. The van der Waals surface area contributed by atoms with E-state index in [-0.39, 0.29) is 37.3 Å². The second-order valence-corrected chi connectivity index (χ2v) is 17.2. The van der Waals surface area contributed by atoms with Crippen LogP contribution in [0.25, 0.3) is 0 Å². The molecule has 0 aromatic carbocycles. The molecule has 3 rings (SSSR count). The Hall–Kier alpha value is -1.05. The summed E-state index contributed by atoms with van der Waals surface area (Å²) in [7, 11) is 7.01. The highest BCUT2D eigenvalue weighted by atomic mass is 16.7. The first-order chi connectivity index (χ1) is 24.4. The number of likely N-dealkylation sites (N-methyl/N-ethyl adjacent to an activating group) is 2. The van der Waals surface area contributed by atoms with Gasteiger partial charge in [0.1, 0.15) is 35.9 Å². The summed E-state index contributed by atoms with van der Waals surface area (Å²) >= 11 is 0. The molecule has 3 saturated heterocycles. The fourth-order valence-electron chi connectivity index (χ4n) is 8.78. The second-order valence-electron chi connectivity index (χ2n) is 17.2. The first-order valence-corrected chi connectivity index (χ1v) is 19.3. The van der Waals surface area contributed by atoms with Crippen molar-refractivity contribution in [3.63, 3.8) is 0 Å². The van der Waals surface area contributed by atoms with E-state index in [0.717, 1.165) is 0 Å². The Morgan fingerprint density at radius 1 is 0.962 bits per heavy atom. The quantitative estimate of drug-likeness (QED) is 0.190. The highest BCUT2D eigenvalue weighted by Crippen LogP contribution is 2.40. The zero-order valence-electron chi connectivity index (χ0n) is 34.3. The van der Waals surface area contributed by atoms with Crippen molar-refractivity contribution in [2.24, 2.45) is 17.8 Å². The highest BCUT2D eigenvalue weighted by Gasteiger charge is 2.53. The van der Waals surface area contributed by atoms with Crippen LogP contribution >= 0.6 is 0 Å². The van der Waals surface area contributed by atoms with Crippen molar-refractivity contribution in [1.29, 1.82) is 0 Å². The number of esters is 1. The van der Waals surface area contributed by atoms with Gasteiger partial charge in [0.05, 0.1) is 42.2 Å². The number of nitrogens with zero attached hydrogens (tertiary/aromatic N) is 2. The van der Waals surface area contributed by atoms with Crippen molar-refractivity contribution < 1.29 is 63.9 Å². The minimum absolute atomic E-state index is 0.0551. The number of carbonyl (C=O) groups is 1. The van der Waals surface area contributed by atoms with Crippen molar-refractivity contribution in [1.82, 2.24) is 9.80 Å². The van der Waals surface area contributed by atoms with Crippen LogP contribution in [0.3, 0.4) is 0 Å². The monoisotopic (exact) mass is 765 g/mol. The zero-order valence-corrected chi connectivity index (χ0v) is 34.3. The van der Waals surface area contributed by atoms with Crippen LogP contribution in [0.4, 0.5) is 0 Å². The summed E-state index contributed by atoms with van der Waals surface area (Å²) in [6, 6.07) is -0.898. The third kappa shape index (κ3) is 10.5. The van der Waals surface area contributed by atoms with Gasteiger partial charge in [0.25, 0.3) is 0 Å². The van der Waals surface area contributed by atoms with Gasteiger partial charge in [-0.25, -0.2) is 0 Å². The normalized spacial score (nSPS) is 48.9. The number of hydrogen-bond donors (Lipinski definition) is 6. The maximum atomic E-state index is 14.3. The lowest BCUT2D eigenvalue weighted by Gasteiger charge is -2.49. The second kappa shape index (κ2) is 18.5. The third-order valence-electron chi connectivity index (χ3n) is 12.2. The zero-order chi connectivity index (χ0) is 40.4. The van der Waals surface area contributed by atoms with Crippen LogP contribution in [0.5, 0.6) is 0 Å². The van der Waals surface area contributed by atoms with Crippen LogP contribution in [0, 0.1) is 17.8 Å². The van der Waals surface area contributed by atoms with Crippen LogP contribution in [-0.2, 0) is 33.2 Å². The van der Waals surface area contributed by atoms with Gasteiger partial charge in [0.2, 0.25) is 0 Å². The summed E-state index contributed by atoms with van der Waals surface area (Å²) in [4.78, 5) is 18.1. The molecule has 15 heteroatoms. The number of carbonyl (C=O) groups excluding carboxylic acids is 1. The van der Waals surface area contributed by atoms with Crippen LogP contribution in [-0.4, -0.2) is 178 Å². The predicted molar refractivity (Wildman–Crippen MR) is 196 cm³/mol. The molecule has 3 heterocycles. The molecule has 0 bridgehead atoms. The molecular weight excluding hydrogens is 692 g/mol. The van der Waals surface area contributed by atoms with Crippen molar-refractivity contribution in [3.8, 4) is 0 Å². The average molecular weight is 765 g/mol. The molecule has 3 fully saturated rings. The molecule has 0 spiro atoms. The highest BCUT2D eigenvalue weighted by molar-refractivity contribution is 5.73. The molecule has 0 aromatic heterocycles. The number of rotatable bonds is 8. The minimum atomic E-state index is -1.88. The smallest absolute Gasteiger partial charge is 0.314 e. The Bertz CT molecular complexity index is 1160. The van der Waals surface area contributed by atoms with Crippen LogP contribution in [0.2, 0.25) is 0 Å². The van der Waals surface area contributed by atoms with Gasteiger partial charge in [-0.2, -0.15) is 0 Å². The van der Waals surface area contributed by atoms with E-state index in [0.29, 0.717) is 13.0 Å². The maximum Gasteiger partial charge on any atom is 0.314 e. The van der Waals surface area contributed by atoms with Crippen LogP contribution < -0.4 is 0 Å². The SMILES string of the molecule is CC[C@H]1OC(=O)[C@H](CO)[C@@H](O[C@H]2C[C@](C)(OC)[C@@H](O)C(C)O2)[C@H](C)[C@@H](O[C@@H]2OC(C)C[C@@H](N(C)C)C2O)[C@](C)(O)C[C@@H](C)CN(C)[C@H](C)[C@@H](O)[C@]1(C)O. The van der Waals surface area contributed by atoms with Crippen molar-refractivity contribution >= 4 is 5.97 Å². The standard InChI is InChI=1S/C38H72N2O13/c1-14-27-38(9,47)31(43)23(5)40(12)18-20(2)16-36(7,46)33(53-35-29(42)26(39(10)11)15-21(3)49-35)22(4)30(25(19-41)34(45)51-27)52-28-17-37(8,48-13)32(44)24(6)50-28/h20-33,35,41-44,46-47H,14-19H2,1-13H3/t20-,21?,22+,23-,24?,25-,26-,27-,28+,29?,30+,31-,32+,33-,35+,36-,37+,38-/m1/s1. The van der Waals surface area contributed by atoms with E-state index in [4.69, 9.17) is 28.4 Å². The van der Waals surface area contributed by atoms with Gasteiger partial charge < -0.3 is 68.9 Å². The Balaban J connectivity index is 2.21. The first kappa shape index (κ1) is 46.3. The average Bonchev–Trinajstić information content (AvgIpc) is 3.07. The molecule has 18 atom stereocenters. The largest absolute Gasteiger partial charge is 0.459 e. The van der Waals surface area contributed by atoms with Gasteiger partial charge in [0, 0.05) is 38.1 Å². The molecular formula is C38H72N2O13. The molecule has 0 radical (unpaired) electrons. The summed E-state index contributed by atoms with van der Waals surface area (Å²) in [6.07, 6.45) is -9.33. The Morgan fingerprint density at radius 3 is 2.13 bits per heavy atom. The molecule has 0 amide bonds. The molecule has 6 N–H and O–H groups in total. The molecule has 53 heavy (non-hydrogen) atoms. The molecule has 3 aliphatic rings. The fourth-order valence-corrected chi connectivity index (χ4v) is 8.78. The Kier molecular flexibility index (Phi) is 16.2. The molecule has 3 aliphatic heterocycles. The van der Waals surface area contributed by atoms with Gasteiger partial charge in [-0.15, -0.1) is 0 Å². The number of ether oxygens (including phenoxy) is 6. The van der Waals surface area contributed by atoms with E-state index < -0.39 is 103 Å². The number of methoxy groups -OCH3 is 1. The lowest BCUT2D eigenvalue weighted by atomic mass is 9.77. The maximum absolute atomic E-state index is 14.3. The van der Waals surface area contributed by atoms with Gasteiger partial charge >= 0.3 is 5.97 Å². The van der Waals surface area contributed by atoms with E-state index in [9.17, 15) is 35.4 Å². The van der Waals surface area contributed by atoms with Gasteiger partial charge in [-0.05, 0) is 87.9 Å². The minimum Gasteiger partial charge on any atom is -0.459 e. The number of hydrogen-bond acceptors (Lipinski definition) is 15. The van der Waals surface area contributed by atoms with Crippen molar-refractivity contribution in [2.75, 3.05) is 41.4 Å². The molecule has 0 aromatic rings. The summed E-state index contributed by atoms with van der Waals surface area (Å²) in [5, 5.41) is 69.1. The summed E-state index contributed by atoms with van der Waals surface area (Å²) < 4.78 is 37.3. The summed E-state index contributed by atoms with van der Waals surface area (Å²) in [6.45, 7) is 15.2. The molecule has 3 unspecified atom stereocenters. The van der Waals surface area contributed by atoms with Gasteiger partial charge in [-0.3, -0.25) is 4.79 Å². The van der Waals surface area contributed by atoms with E-state index >= 15 is 0 Å². The van der Waals surface area contributed by atoms with Crippen LogP contribution in [0.15, 0.2) is 0 Å². The van der Waals surface area contributed by atoms with E-state index in [1.54, 1.807) is 41.5 Å². The molecule has 0 saturated carbocycles. The molecule has 312 valence electrons. The van der Waals surface area contributed by atoms with Crippen LogP contribution in [0.1, 0.15) is 88.0 Å². The molecule has 0 aliphatic carbocycles. The topological polar surface area (TPSA) is 200 Å². The van der Waals surface area contributed by atoms with E-state index in [2.05, 4.69) is 0 Å². The third-order valence-corrected chi connectivity index (χ3v) is 12.2. The Labute approximate surface area is 316 Å². The fraction of sp³-hybridized carbons (Fsp3) is 0.974. The van der Waals surface area contributed by atoms with Gasteiger partial charge in [-0.1, -0.05) is 20.8 Å². The van der Waals surface area contributed by atoms with E-state index in [1.807, 2.05) is 44.8 Å². The van der Waals surface area contributed by atoms with Crippen molar-refractivity contribution in [2.45, 2.75) is 178 Å². The number of aliphatic hydroxyl groups excluding tert-OH is 4. The number of cyclic esters (lactones) is 1.